The number of thiazole rings is 1. The molecule has 0 spiro atoms. The number of halogens is 1. The second kappa shape index (κ2) is 7.52. The summed E-state index contributed by atoms with van der Waals surface area (Å²) in [5, 5.41) is 10.4. The van der Waals surface area contributed by atoms with Gasteiger partial charge in [0.2, 0.25) is 0 Å². The van der Waals surface area contributed by atoms with Crippen LogP contribution in [0, 0.1) is 0 Å². The van der Waals surface area contributed by atoms with Crippen LogP contribution in [0.5, 0.6) is 0 Å². The quantitative estimate of drug-likeness (QED) is 0.452. The van der Waals surface area contributed by atoms with Gasteiger partial charge in [0.15, 0.2) is 4.90 Å². The van der Waals surface area contributed by atoms with Crippen LogP contribution >= 0.6 is 22.9 Å². The number of aryl methyl sites for hydroxylation is 1. The summed E-state index contributed by atoms with van der Waals surface area (Å²) in [5.74, 6) is -0.836. The lowest BCUT2D eigenvalue weighted by molar-refractivity contribution is -0.137. The number of benzene rings is 2. The van der Waals surface area contributed by atoms with Crippen molar-refractivity contribution in [3.8, 4) is 0 Å². The molecule has 8 heteroatoms. The molecule has 0 saturated carbocycles. The molecule has 0 aliphatic heterocycles. The molecule has 138 valence electrons. The van der Waals surface area contributed by atoms with Crippen LogP contribution in [0.3, 0.4) is 0 Å². The summed E-state index contributed by atoms with van der Waals surface area (Å²) < 4.78 is 16.2. The minimum atomic E-state index is -1.46. The molecule has 2 aromatic heterocycles. The van der Waals surface area contributed by atoms with E-state index in [9.17, 15) is 9.35 Å². The molecule has 0 radical (unpaired) electrons. The van der Waals surface area contributed by atoms with Crippen LogP contribution in [0.15, 0.2) is 52.9 Å². The van der Waals surface area contributed by atoms with Crippen LogP contribution in [0.2, 0.25) is 5.02 Å². The maximum Gasteiger partial charge on any atom is 0.303 e. The first-order valence-electron chi connectivity index (χ1n) is 8.30. The Morgan fingerprint density at radius 3 is 2.93 bits per heavy atom. The van der Waals surface area contributed by atoms with Crippen molar-refractivity contribution >= 4 is 61.4 Å². The van der Waals surface area contributed by atoms with Crippen LogP contribution < -0.4 is 0 Å². The van der Waals surface area contributed by atoms with E-state index in [2.05, 4.69) is 4.98 Å². The van der Waals surface area contributed by atoms with Gasteiger partial charge in [0.25, 0.3) is 0 Å². The molecule has 1 N–H and O–H groups in total. The highest BCUT2D eigenvalue weighted by Gasteiger charge is 2.22. The van der Waals surface area contributed by atoms with Gasteiger partial charge in [-0.1, -0.05) is 11.6 Å². The van der Waals surface area contributed by atoms with Crippen molar-refractivity contribution in [3.05, 3.63) is 58.7 Å². The van der Waals surface area contributed by atoms with Crippen molar-refractivity contribution in [2.75, 3.05) is 0 Å². The molecule has 0 amide bonds. The lowest BCUT2D eigenvalue weighted by atomic mass is 10.2. The molecule has 0 aliphatic rings. The number of aliphatic carboxylic acids is 1. The minimum Gasteiger partial charge on any atom is -0.587 e. The van der Waals surface area contributed by atoms with E-state index in [-0.39, 0.29) is 6.42 Å². The molecule has 4 rings (SSSR count). The number of aromatic nitrogens is 2. The zero-order valence-corrected chi connectivity index (χ0v) is 16.5. The van der Waals surface area contributed by atoms with Gasteiger partial charge >= 0.3 is 5.97 Å². The Balaban J connectivity index is 1.78. The van der Waals surface area contributed by atoms with E-state index < -0.39 is 17.3 Å². The first kappa shape index (κ1) is 18.3. The third-order valence-corrected chi connectivity index (χ3v) is 6.73. The van der Waals surface area contributed by atoms with Crippen molar-refractivity contribution in [2.24, 2.45) is 0 Å². The fraction of sp³-hybridized carbons (Fsp3) is 0.158. The van der Waals surface area contributed by atoms with Gasteiger partial charge in [-0.2, -0.15) is 3.97 Å². The average Bonchev–Trinajstić information content (AvgIpc) is 3.23. The Hall–Kier alpha value is -2.06. The highest BCUT2D eigenvalue weighted by molar-refractivity contribution is 7.90. The second-order valence-electron chi connectivity index (χ2n) is 6.11. The van der Waals surface area contributed by atoms with E-state index >= 15 is 0 Å². The summed E-state index contributed by atoms with van der Waals surface area (Å²) in [6.45, 7) is 0. The molecule has 0 bridgehead atoms. The molecule has 5 nitrogen and oxygen atoms in total. The summed E-state index contributed by atoms with van der Waals surface area (Å²) in [6.07, 6.45) is 1.07. The molecule has 2 heterocycles. The van der Waals surface area contributed by atoms with Gasteiger partial charge in [0, 0.05) is 22.9 Å². The normalized spacial score (nSPS) is 12.7. The SMILES string of the molecule is O=C(O)CCCc1cc2cc(Cl)ccc2n1[S+]([O-])c1ccc2ncsc2c1. The molecule has 1 unspecified atom stereocenters. The van der Waals surface area contributed by atoms with Crippen LogP contribution in [0.1, 0.15) is 18.5 Å². The number of carboxylic acids is 1. The van der Waals surface area contributed by atoms with Gasteiger partial charge in [0.1, 0.15) is 11.4 Å². The van der Waals surface area contributed by atoms with E-state index in [1.807, 2.05) is 36.4 Å². The van der Waals surface area contributed by atoms with Crippen molar-refractivity contribution in [1.82, 2.24) is 8.96 Å². The molecular formula is C19H15ClN2O3S2. The van der Waals surface area contributed by atoms with Crippen LogP contribution in [0.25, 0.3) is 21.1 Å². The molecule has 0 fully saturated rings. The predicted molar refractivity (Wildman–Crippen MR) is 109 cm³/mol. The zero-order valence-electron chi connectivity index (χ0n) is 14.1. The fourth-order valence-electron chi connectivity index (χ4n) is 3.06. The van der Waals surface area contributed by atoms with Crippen LogP contribution in [0.4, 0.5) is 0 Å². The molecular weight excluding hydrogens is 404 g/mol. The van der Waals surface area contributed by atoms with Crippen molar-refractivity contribution < 1.29 is 14.5 Å². The smallest absolute Gasteiger partial charge is 0.303 e. The van der Waals surface area contributed by atoms with Gasteiger partial charge in [-0.3, -0.25) is 4.79 Å². The molecule has 1 atom stereocenters. The van der Waals surface area contributed by atoms with Gasteiger partial charge in [-0.15, -0.1) is 11.3 Å². The van der Waals surface area contributed by atoms with E-state index in [1.54, 1.807) is 15.5 Å². The number of rotatable bonds is 6. The third-order valence-electron chi connectivity index (χ3n) is 4.29. The lowest BCUT2D eigenvalue weighted by Gasteiger charge is -2.15. The van der Waals surface area contributed by atoms with Gasteiger partial charge < -0.3 is 9.66 Å². The average molecular weight is 419 g/mol. The molecule has 0 saturated heterocycles. The van der Waals surface area contributed by atoms with E-state index in [0.717, 1.165) is 26.8 Å². The lowest BCUT2D eigenvalue weighted by Crippen LogP contribution is -2.16. The fourth-order valence-corrected chi connectivity index (χ4v) is 5.35. The Morgan fingerprint density at radius 1 is 1.26 bits per heavy atom. The first-order chi connectivity index (χ1) is 13.0. The molecule has 2 aromatic carbocycles. The number of hydrogen-bond acceptors (Lipinski definition) is 4. The summed E-state index contributed by atoms with van der Waals surface area (Å²) >= 11 is 6.16. The topological polar surface area (TPSA) is 78.2 Å². The third kappa shape index (κ3) is 3.68. The zero-order chi connectivity index (χ0) is 19.0. The Morgan fingerprint density at radius 2 is 2.11 bits per heavy atom. The molecule has 27 heavy (non-hydrogen) atoms. The minimum absolute atomic E-state index is 0.0712. The molecule has 0 aliphatic carbocycles. The summed E-state index contributed by atoms with van der Waals surface area (Å²) in [7, 11) is 0. The standard InChI is InChI=1S/C19H15ClN2O3S2/c20-13-4-7-17-12(8-13)9-14(2-1-3-19(23)24)22(17)27(25)15-5-6-16-18(10-15)26-11-21-16/h4-11H,1-3H2,(H,23,24). The highest BCUT2D eigenvalue weighted by Crippen LogP contribution is 2.30. The number of nitrogens with zero attached hydrogens (tertiary/aromatic N) is 2. The number of carbonyl (C=O) groups is 1. The maximum atomic E-state index is 13.4. The maximum absolute atomic E-state index is 13.4. The number of fused-ring (bicyclic) bond motifs is 2. The molecule has 4 aromatic rings. The van der Waals surface area contributed by atoms with Gasteiger partial charge in [0.05, 0.1) is 26.9 Å². The van der Waals surface area contributed by atoms with E-state index in [1.165, 1.54) is 11.3 Å². The Labute approximate surface area is 167 Å². The Kier molecular flexibility index (Phi) is 5.10. The van der Waals surface area contributed by atoms with Crippen molar-refractivity contribution in [3.63, 3.8) is 0 Å². The predicted octanol–water partition coefficient (Wildman–Crippen LogP) is 4.88. The second-order valence-corrected chi connectivity index (χ2v) is 8.77. The summed E-state index contributed by atoms with van der Waals surface area (Å²) in [6, 6.07) is 13.0. The Bertz CT molecular complexity index is 1140. The van der Waals surface area contributed by atoms with Crippen molar-refractivity contribution in [2.45, 2.75) is 24.2 Å². The van der Waals surface area contributed by atoms with E-state index in [0.29, 0.717) is 22.8 Å². The number of hydrogen-bond donors (Lipinski definition) is 1. The number of carboxylic acid groups (broad SMARTS) is 1. The summed E-state index contributed by atoms with van der Waals surface area (Å²) in [4.78, 5) is 15.8. The van der Waals surface area contributed by atoms with Crippen LogP contribution in [-0.4, -0.2) is 24.6 Å². The van der Waals surface area contributed by atoms with Gasteiger partial charge in [-0.25, -0.2) is 4.98 Å². The highest BCUT2D eigenvalue weighted by atomic mass is 35.5. The monoisotopic (exact) mass is 418 g/mol. The summed E-state index contributed by atoms with van der Waals surface area (Å²) in [5.41, 5.74) is 4.29. The first-order valence-corrected chi connectivity index (χ1v) is 10.7. The van der Waals surface area contributed by atoms with Gasteiger partial charge in [-0.05, 0) is 49.2 Å². The van der Waals surface area contributed by atoms with Crippen LogP contribution in [-0.2, 0) is 22.6 Å². The van der Waals surface area contributed by atoms with E-state index in [4.69, 9.17) is 16.7 Å². The largest absolute Gasteiger partial charge is 0.587 e. The van der Waals surface area contributed by atoms with Crippen molar-refractivity contribution in [1.29, 1.82) is 0 Å².